The van der Waals surface area contributed by atoms with Crippen LogP contribution in [0.1, 0.15) is 24.2 Å². The highest BCUT2D eigenvalue weighted by Gasteiger charge is 2.09. The minimum Gasteiger partial charge on any atom is -0.497 e. The minimum absolute atomic E-state index is 0.0957. The van der Waals surface area contributed by atoms with Crippen molar-refractivity contribution in [3.05, 3.63) is 28.8 Å². The van der Waals surface area contributed by atoms with Gasteiger partial charge in [0.25, 0.3) is 0 Å². The van der Waals surface area contributed by atoms with E-state index in [1.54, 1.807) is 13.2 Å². The maximum atomic E-state index is 6.04. The Bertz CT molecular complexity index is 288. The van der Waals surface area contributed by atoms with Gasteiger partial charge < -0.3 is 4.74 Å². The molecule has 0 aliphatic carbocycles. The van der Waals surface area contributed by atoms with Crippen LogP contribution < -0.4 is 4.74 Å². The molecule has 1 nitrogen and oxygen atoms in total. The monoisotopic (exact) mass is 215 g/mol. The Morgan fingerprint density at radius 3 is 2.69 bits per heavy atom. The molecule has 0 aromatic heterocycles. The molecule has 1 aromatic rings. The van der Waals surface area contributed by atoms with Crippen molar-refractivity contribution in [1.82, 2.24) is 0 Å². The van der Waals surface area contributed by atoms with Gasteiger partial charge in [0.05, 0.1) is 7.11 Å². The summed E-state index contributed by atoms with van der Waals surface area (Å²) in [5.41, 5.74) is 1.01. The molecule has 0 aliphatic rings. The van der Waals surface area contributed by atoms with Crippen LogP contribution in [0.4, 0.5) is 0 Å². The molecule has 0 saturated heterocycles. The van der Waals surface area contributed by atoms with E-state index in [1.165, 1.54) is 0 Å². The number of methoxy groups -OCH3 is 1. The van der Waals surface area contributed by atoms with Crippen LogP contribution >= 0.6 is 24.2 Å². The van der Waals surface area contributed by atoms with Crippen molar-refractivity contribution in [2.45, 2.75) is 18.6 Å². The van der Waals surface area contributed by atoms with Crippen molar-refractivity contribution in [2.75, 3.05) is 7.11 Å². The first-order chi connectivity index (χ1) is 6.19. The standard InChI is InChI=1S/C10H12ClOS/c1-3-10(13)8-5-4-7(12-2)6-9(8)11/h4-6,10H,3H2,1-2H3. The fraction of sp³-hybridized carbons (Fsp3) is 0.400. The highest BCUT2D eigenvalue weighted by atomic mass is 35.5. The zero-order chi connectivity index (χ0) is 9.84. The van der Waals surface area contributed by atoms with E-state index in [4.69, 9.17) is 29.0 Å². The smallest absolute Gasteiger partial charge is 0.120 e. The second-order valence-corrected chi connectivity index (χ2v) is 3.76. The highest BCUT2D eigenvalue weighted by molar-refractivity contribution is 7.80. The lowest BCUT2D eigenvalue weighted by Crippen LogP contribution is -1.91. The number of rotatable bonds is 3. The van der Waals surface area contributed by atoms with Gasteiger partial charge in [0.15, 0.2) is 0 Å². The lowest BCUT2D eigenvalue weighted by molar-refractivity contribution is 0.414. The highest BCUT2D eigenvalue weighted by Crippen LogP contribution is 2.32. The quantitative estimate of drug-likeness (QED) is 0.741. The Morgan fingerprint density at radius 1 is 1.54 bits per heavy atom. The van der Waals surface area contributed by atoms with Gasteiger partial charge in [0.2, 0.25) is 0 Å². The zero-order valence-corrected chi connectivity index (χ0v) is 9.28. The molecule has 1 rings (SSSR count). The maximum absolute atomic E-state index is 6.04. The van der Waals surface area contributed by atoms with E-state index in [0.717, 1.165) is 17.7 Å². The van der Waals surface area contributed by atoms with Crippen LogP contribution in [0.15, 0.2) is 18.2 Å². The first-order valence-electron chi connectivity index (χ1n) is 4.18. The van der Waals surface area contributed by atoms with E-state index in [-0.39, 0.29) is 5.25 Å². The number of hydrogen-bond acceptors (Lipinski definition) is 1. The van der Waals surface area contributed by atoms with Crippen LogP contribution in [0.5, 0.6) is 5.75 Å². The molecule has 0 N–H and O–H groups in total. The maximum Gasteiger partial charge on any atom is 0.120 e. The van der Waals surface area contributed by atoms with Crippen LogP contribution in [0.3, 0.4) is 0 Å². The van der Waals surface area contributed by atoms with E-state index in [0.29, 0.717) is 5.02 Å². The molecule has 0 spiro atoms. The van der Waals surface area contributed by atoms with Crippen molar-refractivity contribution < 1.29 is 4.74 Å². The van der Waals surface area contributed by atoms with Gasteiger partial charge in [-0.25, -0.2) is 0 Å². The average molecular weight is 216 g/mol. The third-order valence-corrected chi connectivity index (χ3v) is 2.84. The fourth-order valence-electron chi connectivity index (χ4n) is 1.12. The molecule has 1 aromatic carbocycles. The van der Waals surface area contributed by atoms with Crippen LogP contribution in [-0.4, -0.2) is 7.11 Å². The first kappa shape index (κ1) is 10.7. The molecule has 0 heterocycles. The van der Waals surface area contributed by atoms with Crippen LogP contribution in [0.25, 0.3) is 0 Å². The molecule has 1 atom stereocenters. The summed E-state index contributed by atoms with van der Waals surface area (Å²) in [6, 6.07) is 5.62. The molecule has 0 amide bonds. The van der Waals surface area contributed by atoms with E-state index < -0.39 is 0 Å². The second-order valence-electron chi connectivity index (χ2n) is 2.78. The molecule has 0 aliphatic heterocycles. The van der Waals surface area contributed by atoms with Crippen LogP contribution in [-0.2, 0) is 0 Å². The van der Waals surface area contributed by atoms with Gasteiger partial charge in [-0.3, -0.25) is 0 Å². The van der Waals surface area contributed by atoms with Crippen LogP contribution in [0, 0.1) is 0 Å². The lowest BCUT2D eigenvalue weighted by atomic mass is 10.1. The molecular weight excluding hydrogens is 204 g/mol. The Balaban J connectivity index is 2.98. The molecule has 71 valence electrons. The van der Waals surface area contributed by atoms with Crippen molar-refractivity contribution in [3.8, 4) is 5.75 Å². The molecule has 13 heavy (non-hydrogen) atoms. The lowest BCUT2D eigenvalue weighted by Gasteiger charge is -2.10. The predicted molar refractivity (Wildman–Crippen MR) is 58.6 cm³/mol. The zero-order valence-electron chi connectivity index (χ0n) is 7.71. The number of hydrogen-bond donors (Lipinski definition) is 0. The van der Waals surface area contributed by atoms with Gasteiger partial charge >= 0.3 is 0 Å². The van der Waals surface area contributed by atoms with E-state index in [9.17, 15) is 0 Å². The number of halogens is 1. The van der Waals surface area contributed by atoms with Crippen molar-refractivity contribution >= 4 is 24.2 Å². The Hall–Kier alpha value is -0.340. The molecule has 0 saturated carbocycles. The Morgan fingerprint density at radius 2 is 2.23 bits per heavy atom. The number of benzene rings is 1. The average Bonchev–Trinajstić information content (AvgIpc) is 2.16. The molecular formula is C10H12ClOS. The third kappa shape index (κ3) is 2.55. The fourth-order valence-corrected chi connectivity index (χ4v) is 1.69. The molecule has 0 fully saturated rings. The van der Waals surface area contributed by atoms with Crippen molar-refractivity contribution in [2.24, 2.45) is 0 Å². The van der Waals surface area contributed by atoms with Gasteiger partial charge in [-0.05, 0) is 24.1 Å². The molecule has 0 bridgehead atoms. The van der Waals surface area contributed by atoms with Gasteiger partial charge in [-0.2, -0.15) is 0 Å². The Kier molecular flexibility index (Phi) is 3.94. The van der Waals surface area contributed by atoms with Gasteiger partial charge in [-0.1, -0.05) is 37.2 Å². The minimum atomic E-state index is 0.0957. The summed E-state index contributed by atoms with van der Waals surface area (Å²) < 4.78 is 5.04. The Labute approximate surface area is 89.5 Å². The first-order valence-corrected chi connectivity index (χ1v) is 5.03. The summed E-state index contributed by atoms with van der Waals surface area (Å²) in [4.78, 5) is 0. The largest absolute Gasteiger partial charge is 0.497 e. The van der Waals surface area contributed by atoms with Crippen LogP contribution in [0.2, 0.25) is 5.02 Å². The predicted octanol–water partition coefficient (Wildman–Crippen LogP) is 4.00. The summed E-state index contributed by atoms with van der Waals surface area (Å²) in [7, 11) is 1.62. The van der Waals surface area contributed by atoms with E-state index in [1.807, 2.05) is 12.1 Å². The molecule has 3 heteroatoms. The number of ether oxygens (including phenoxy) is 1. The second kappa shape index (κ2) is 4.77. The van der Waals surface area contributed by atoms with Gasteiger partial charge in [0.1, 0.15) is 5.75 Å². The summed E-state index contributed by atoms with van der Waals surface area (Å²) in [6.45, 7) is 2.05. The van der Waals surface area contributed by atoms with E-state index in [2.05, 4.69) is 6.92 Å². The topological polar surface area (TPSA) is 9.23 Å². The summed E-state index contributed by atoms with van der Waals surface area (Å²) >= 11 is 11.3. The normalized spacial score (nSPS) is 12.6. The van der Waals surface area contributed by atoms with E-state index >= 15 is 0 Å². The summed E-state index contributed by atoms with van der Waals surface area (Å²) in [6.07, 6.45) is 0.918. The van der Waals surface area contributed by atoms with Gasteiger partial charge in [0, 0.05) is 10.3 Å². The van der Waals surface area contributed by atoms with Gasteiger partial charge in [-0.15, -0.1) is 0 Å². The SMILES string of the molecule is CCC([S])c1ccc(OC)cc1Cl. The molecule has 1 unspecified atom stereocenters. The van der Waals surface area contributed by atoms with Crippen molar-refractivity contribution in [3.63, 3.8) is 0 Å². The third-order valence-electron chi connectivity index (χ3n) is 1.93. The summed E-state index contributed by atoms with van der Waals surface area (Å²) in [5, 5.41) is 0.791. The van der Waals surface area contributed by atoms with Crippen molar-refractivity contribution in [1.29, 1.82) is 0 Å². The summed E-state index contributed by atoms with van der Waals surface area (Å²) in [5.74, 6) is 0.770. The molecule has 1 radical (unpaired) electrons.